The number of hydrogen-bond donors (Lipinski definition) is 0. The van der Waals surface area contributed by atoms with Crippen LogP contribution in [0.1, 0.15) is 28.9 Å². The maximum absolute atomic E-state index is 13.0. The Morgan fingerprint density at radius 3 is 2.50 bits per heavy atom. The molecule has 0 bridgehead atoms. The molecule has 166 valence electrons. The highest BCUT2D eigenvalue weighted by Crippen LogP contribution is 2.23. The smallest absolute Gasteiger partial charge is 0.274 e. The lowest BCUT2D eigenvalue weighted by molar-refractivity contribution is 0.0685. The largest absolute Gasteiger partial charge is 0.355 e. The number of anilines is 1. The van der Waals surface area contributed by atoms with E-state index < -0.39 is 0 Å². The van der Waals surface area contributed by atoms with Crippen LogP contribution in [0.15, 0.2) is 55.2 Å². The molecule has 0 atom stereocenters. The zero-order valence-electron chi connectivity index (χ0n) is 18.1. The molecule has 5 rings (SSSR count). The Morgan fingerprint density at radius 2 is 1.72 bits per heavy atom. The zero-order chi connectivity index (χ0) is 21.8. The van der Waals surface area contributed by atoms with Crippen molar-refractivity contribution in [2.24, 2.45) is 5.92 Å². The fourth-order valence-corrected chi connectivity index (χ4v) is 5.36. The van der Waals surface area contributed by atoms with Crippen molar-refractivity contribution in [2.75, 3.05) is 42.6 Å². The van der Waals surface area contributed by atoms with Crippen molar-refractivity contribution in [3.63, 3.8) is 0 Å². The van der Waals surface area contributed by atoms with Gasteiger partial charge in [0.25, 0.3) is 5.91 Å². The predicted octanol–water partition coefficient (Wildman–Crippen LogP) is 3.31. The molecule has 7 nitrogen and oxygen atoms in total. The molecule has 2 saturated heterocycles. The minimum Gasteiger partial charge on any atom is -0.355 e. The van der Waals surface area contributed by atoms with Crippen LogP contribution >= 0.6 is 11.8 Å². The summed E-state index contributed by atoms with van der Waals surface area (Å²) >= 11 is 1.97. The van der Waals surface area contributed by atoms with E-state index in [-0.39, 0.29) is 5.91 Å². The number of thioether (sulfide) groups is 1. The molecule has 2 aliphatic heterocycles. The number of carbonyl (C=O) groups excluding carboxylic acids is 1. The molecule has 1 aromatic carbocycles. The SMILES string of the molecule is O=C(c1cn(-c2cc(N3CCSCC3)ncn2)cn1)N1CCC(Cc2ccccc2)CC1. The second-order valence-corrected chi connectivity index (χ2v) is 9.65. The van der Waals surface area contributed by atoms with Gasteiger partial charge in [0.05, 0.1) is 0 Å². The lowest BCUT2D eigenvalue weighted by atomic mass is 9.90. The van der Waals surface area contributed by atoms with Gasteiger partial charge in [-0.05, 0) is 30.7 Å². The number of benzene rings is 1. The highest BCUT2D eigenvalue weighted by atomic mass is 32.2. The van der Waals surface area contributed by atoms with Gasteiger partial charge in [0.15, 0.2) is 0 Å². The number of amides is 1. The Balaban J connectivity index is 1.21. The Hall–Kier alpha value is -2.87. The molecule has 0 saturated carbocycles. The highest BCUT2D eigenvalue weighted by molar-refractivity contribution is 7.99. The quantitative estimate of drug-likeness (QED) is 0.597. The van der Waals surface area contributed by atoms with Crippen molar-refractivity contribution in [1.29, 1.82) is 0 Å². The number of hydrogen-bond acceptors (Lipinski definition) is 6. The van der Waals surface area contributed by atoms with Gasteiger partial charge in [-0.15, -0.1) is 0 Å². The third kappa shape index (κ3) is 4.80. The van der Waals surface area contributed by atoms with E-state index in [0.29, 0.717) is 11.6 Å². The van der Waals surface area contributed by atoms with Crippen molar-refractivity contribution in [2.45, 2.75) is 19.3 Å². The number of aromatic nitrogens is 4. The average molecular weight is 449 g/mol. The Labute approximate surface area is 192 Å². The van der Waals surface area contributed by atoms with Gasteiger partial charge in [-0.2, -0.15) is 11.8 Å². The summed E-state index contributed by atoms with van der Waals surface area (Å²) < 4.78 is 1.82. The van der Waals surface area contributed by atoms with Gasteiger partial charge in [-0.1, -0.05) is 30.3 Å². The van der Waals surface area contributed by atoms with E-state index in [1.165, 1.54) is 5.56 Å². The van der Waals surface area contributed by atoms with E-state index in [0.717, 1.165) is 68.6 Å². The van der Waals surface area contributed by atoms with Crippen LogP contribution in [-0.2, 0) is 6.42 Å². The lowest BCUT2D eigenvalue weighted by Gasteiger charge is -2.31. The Bertz CT molecular complexity index is 1040. The number of rotatable bonds is 5. The summed E-state index contributed by atoms with van der Waals surface area (Å²) in [5.41, 5.74) is 1.85. The third-order valence-electron chi connectivity index (χ3n) is 6.31. The lowest BCUT2D eigenvalue weighted by Crippen LogP contribution is -2.39. The molecule has 2 aromatic heterocycles. The Kier molecular flexibility index (Phi) is 6.39. The van der Waals surface area contributed by atoms with Gasteiger partial charge in [0.1, 0.15) is 30.0 Å². The molecule has 0 N–H and O–H groups in total. The number of piperidine rings is 1. The molecule has 0 radical (unpaired) electrons. The van der Waals surface area contributed by atoms with Gasteiger partial charge >= 0.3 is 0 Å². The average Bonchev–Trinajstić information content (AvgIpc) is 3.36. The van der Waals surface area contributed by atoms with Crippen molar-refractivity contribution < 1.29 is 4.79 Å². The van der Waals surface area contributed by atoms with Gasteiger partial charge < -0.3 is 9.80 Å². The van der Waals surface area contributed by atoms with Crippen LogP contribution in [0, 0.1) is 5.92 Å². The third-order valence-corrected chi connectivity index (χ3v) is 7.25. The number of carbonyl (C=O) groups is 1. The normalized spacial score (nSPS) is 17.5. The van der Waals surface area contributed by atoms with Crippen LogP contribution in [0.5, 0.6) is 0 Å². The summed E-state index contributed by atoms with van der Waals surface area (Å²) in [6.45, 7) is 3.56. The van der Waals surface area contributed by atoms with E-state index in [4.69, 9.17) is 0 Å². The monoisotopic (exact) mass is 448 g/mol. The topological polar surface area (TPSA) is 67.2 Å². The maximum Gasteiger partial charge on any atom is 0.274 e. The molecule has 8 heteroatoms. The second kappa shape index (κ2) is 9.73. The van der Waals surface area contributed by atoms with Crippen molar-refractivity contribution in [1.82, 2.24) is 24.4 Å². The number of likely N-dealkylation sites (tertiary alicyclic amines) is 1. The molecule has 1 amide bonds. The summed E-state index contributed by atoms with van der Waals surface area (Å²) in [6.07, 6.45) is 8.20. The van der Waals surface area contributed by atoms with Crippen LogP contribution in [0.3, 0.4) is 0 Å². The molecule has 4 heterocycles. The standard InChI is InChI=1S/C24H28N6OS/c31-24(29-8-6-20(7-9-29)14-19-4-2-1-3-5-19)21-16-30(18-27-21)23-15-22(25-17-26-23)28-10-12-32-13-11-28/h1-5,15-18,20H,6-14H2. The summed E-state index contributed by atoms with van der Waals surface area (Å²) in [5, 5.41) is 0. The first kappa shape index (κ1) is 21.0. The van der Waals surface area contributed by atoms with Gasteiger partial charge in [-0.25, -0.2) is 15.0 Å². The molecular weight excluding hydrogens is 420 g/mol. The van der Waals surface area contributed by atoms with Crippen molar-refractivity contribution in [3.05, 3.63) is 66.5 Å². The predicted molar refractivity (Wildman–Crippen MR) is 127 cm³/mol. The van der Waals surface area contributed by atoms with E-state index in [1.807, 2.05) is 27.3 Å². The van der Waals surface area contributed by atoms with Gasteiger partial charge in [0.2, 0.25) is 0 Å². The van der Waals surface area contributed by atoms with Crippen molar-refractivity contribution >= 4 is 23.5 Å². The Morgan fingerprint density at radius 1 is 0.969 bits per heavy atom. The maximum atomic E-state index is 13.0. The highest BCUT2D eigenvalue weighted by Gasteiger charge is 2.25. The summed E-state index contributed by atoms with van der Waals surface area (Å²) in [7, 11) is 0. The van der Waals surface area contributed by atoms with E-state index >= 15 is 0 Å². The fraction of sp³-hybridized carbons (Fsp3) is 0.417. The first-order valence-electron chi connectivity index (χ1n) is 11.3. The summed E-state index contributed by atoms with van der Waals surface area (Å²) in [5.74, 6) is 4.53. The van der Waals surface area contributed by atoms with Crippen LogP contribution in [0.4, 0.5) is 5.82 Å². The zero-order valence-corrected chi connectivity index (χ0v) is 19.0. The van der Waals surface area contributed by atoms with Crippen LogP contribution in [-0.4, -0.2) is 68.0 Å². The molecule has 32 heavy (non-hydrogen) atoms. The number of nitrogens with zero attached hydrogens (tertiary/aromatic N) is 6. The molecule has 0 aliphatic carbocycles. The van der Waals surface area contributed by atoms with Crippen LogP contribution in [0.25, 0.3) is 5.82 Å². The fourth-order valence-electron chi connectivity index (χ4n) is 4.45. The van der Waals surface area contributed by atoms with Crippen molar-refractivity contribution in [3.8, 4) is 5.82 Å². The summed E-state index contributed by atoms with van der Waals surface area (Å²) in [4.78, 5) is 30.5. The molecule has 0 unspecified atom stereocenters. The molecule has 3 aromatic rings. The van der Waals surface area contributed by atoms with Gasteiger partial charge in [0, 0.05) is 49.9 Å². The molecular formula is C24H28N6OS. The minimum absolute atomic E-state index is 0.00393. The van der Waals surface area contributed by atoms with E-state index in [2.05, 4.69) is 50.2 Å². The molecule has 0 spiro atoms. The van der Waals surface area contributed by atoms with Gasteiger partial charge in [-0.3, -0.25) is 9.36 Å². The summed E-state index contributed by atoms with van der Waals surface area (Å²) in [6, 6.07) is 12.6. The van der Waals surface area contributed by atoms with Crippen LogP contribution < -0.4 is 4.90 Å². The van der Waals surface area contributed by atoms with Crippen LogP contribution in [0.2, 0.25) is 0 Å². The minimum atomic E-state index is 0.00393. The molecule has 2 aliphatic rings. The van der Waals surface area contributed by atoms with E-state index in [9.17, 15) is 4.79 Å². The second-order valence-electron chi connectivity index (χ2n) is 8.43. The van der Waals surface area contributed by atoms with E-state index in [1.54, 1.807) is 18.9 Å². The molecule has 2 fully saturated rings. The number of imidazole rings is 1. The first-order chi connectivity index (χ1) is 15.8. The first-order valence-corrected chi connectivity index (χ1v) is 12.4.